The van der Waals surface area contributed by atoms with Crippen molar-refractivity contribution in [1.29, 1.82) is 0 Å². The fraction of sp³-hybridized carbons (Fsp3) is 0.222. The summed E-state index contributed by atoms with van der Waals surface area (Å²) in [5.74, 6) is -0.350. The van der Waals surface area contributed by atoms with Crippen molar-refractivity contribution in [2.24, 2.45) is 5.73 Å². The molecule has 1 rings (SSSR count). The number of primary amides is 1. The zero-order valence-electron chi connectivity index (χ0n) is 7.33. The van der Waals surface area contributed by atoms with Crippen molar-refractivity contribution in [3.63, 3.8) is 0 Å². The molecule has 0 atom stereocenters. The topological polar surface area (TPSA) is 46.3 Å². The van der Waals surface area contributed by atoms with Gasteiger partial charge in [0.15, 0.2) is 0 Å². The summed E-state index contributed by atoms with van der Waals surface area (Å²) in [4.78, 5) is 12.4. The van der Waals surface area contributed by atoms with Gasteiger partial charge in [-0.25, -0.2) is 0 Å². The number of nitrogens with zero attached hydrogens (tertiary/aromatic N) is 1. The molecule has 0 aromatic heterocycles. The van der Waals surface area contributed by atoms with Crippen LogP contribution in [0.2, 0.25) is 5.02 Å². The third kappa shape index (κ3) is 2.95. The molecule has 0 aliphatic heterocycles. The number of benzene rings is 1. The minimum Gasteiger partial charge on any atom is -0.368 e. The lowest BCUT2D eigenvalue weighted by atomic mass is 10.3. The molecule has 1 amide bonds. The Bertz CT molecular complexity index is 297. The summed E-state index contributed by atoms with van der Waals surface area (Å²) < 4.78 is 0. The molecule has 0 radical (unpaired) electrons. The lowest BCUT2D eigenvalue weighted by Gasteiger charge is -2.16. The van der Waals surface area contributed by atoms with Crippen LogP contribution in [0.25, 0.3) is 0 Å². The van der Waals surface area contributed by atoms with Crippen LogP contribution in [0.4, 0.5) is 5.69 Å². The van der Waals surface area contributed by atoms with Crippen LogP contribution in [-0.4, -0.2) is 19.5 Å². The molecule has 0 saturated heterocycles. The Labute approximate surface area is 82.1 Å². The van der Waals surface area contributed by atoms with E-state index in [9.17, 15) is 4.79 Å². The number of carbonyl (C=O) groups excluding carboxylic acids is 1. The average molecular weight is 199 g/mol. The van der Waals surface area contributed by atoms with Crippen molar-refractivity contribution in [2.45, 2.75) is 0 Å². The normalized spacial score (nSPS) is 9.69. The Kier molecular flexibility index (Phi) is 3.14. The number of amides is 1. The molecule has 1 aromatic carbocycles. The van der Waals surface area contributed by atoms with Crippen molar-refractivity contribution in [2.75, 3.05) is 18.5 Å². The maximum absolute atomic E-state index is 10.6. The molecule has 0 unspecified atom stereocenters. The Morgan fingerprint density at radius 3 is 2.46 bits per heavy atom. The molecule has 4 heteroatoms. The summed E-state index contributed by atoms with van der Waals surface area (Å²) in [6, 6.07) is 7.22. The maximum atomic E-state index is 10.6. The molecule has 3 nitrogen and oxygen atoms in total. The largest absolute Gasteiger partial charge is 0.368 e. The van der Waals surface area contributed by atoms with Crippen molar-refractivity contribution in [3.8, 4) is 0 Å². The molecule has 1 aromatic rings. The van der Waals surface area contributed by atoms with Gasteiger partial charge in [0.05, 0.1) is 6.54 Å². The van der Waals surface area contributed by atoms with Gasteiger partial charge in [-0.05, 0) is 24.3 Å². The number of nitrogens with two attached hydrogens (primary N) is 1. The molecule has 0 fully saturated rings. The smallest absolute Gasteiger partial charge is 0.236 e. The van der Waals surface area contributed by atoms with Crippen LogP contribution >= 0.6 is 11.6 Å². The fourth-order valence-corrected chi connectivity index (χ4v) is 1.15. The first-order chi connectivity index (χ1) is 6.09. The second-order valence-electron chi connectivity index (χ2n) is 2.80. The van der Waals surface area contributed by atoms with E-state index in [0.29, 0.717) is 5.02 Å². The van der Waals surface area contributed by atoms with Crippen LogP contribution < -0.4 is 10.6 Å². The standard InChI is InChI=1S/C9H11ClN2O/c1-12(6-9(11)13)8-4-2-7(10)3-5-8/h2-5H,6H2,1H3,(H2,11,13). The molecule has 0 aliphatic rings. The van der Waals surface area contributed by atoms with Crippen molar-refractivity contribution >= 4 is 23.2 Å². The number of halogens is 1. The van der Waals surface area contributed by atoms with E-state index in [1.165, 1.54) is 0 Å². The molecule has 13 heavy (non-hydrogen) atoms. The third-order valence-electron chi connectivity index (χ3n) is 1.66. The Balaban J connectivity index is 2.71. The van der Waals surface area contributed by atoms with E-state index in [-0.39, 0.29) is 12.5 Å². The summed E-state index contributed by atoms with van der Waals surface area (Å²) in [7, 11) is 1.80. The minimum absolute atomic E-state index is 0.210. The van der Waals surface area contributed by atoms with Crippen molar-refractivity contribution in [1.82, 2.24) is 0 Å². The lowest BCUT2D eigenvalue weighted by molar-refractivity contribution is -0.116. The zero-order chi connectivity index (χ0) is 9.84. The van der Waals surface area contributed by atoms with Gasteiger partial charge in [-0.2, -0.15) is 0 Å². The second-order valence-corrected chi connectivity index (χ2v) is 3.24. The van der Waals surface area contributed by atoms with Crippen LogP contribution in [0.3, 0.4) is 0 Å². The molecule has 2 N–H and O–H groups in total. The highest BCUT2D eigenvalue weighted by Crippen LogP contribution is 2.16. The van der Waals surface area contributed by atoms with Crippen molar-refractivity contribution < 1.29 is 4.79 Å². The maximum Gasteiger partial charge on any atom is 0.236 e. The van der Waals surface area contributed by atoms with Crippen LogP contribution in [0, 0.1) is 0 Å². The fourth-order valence-electron chi connectivity index (χ4n) is 1.02. The van der Waals surface area contributed by atoms with Crippen LogP contribution in [0.15, 0.2) is 24.3 Å². The zero-order valence-corrected chi connectivity index (χ0v) is 8.08. The number of rotatable bonds is 3. The number of hydrogen-bond donors (Lipinski definition) is 1. The summed E-state index contributed by atoms with van der Waals surface area (Å²) in [6.07, 6.45) is 0. The highest BCUT2D eigenvalue weighted by atomic mass is 35.5. The SMILES string of the molecule is CN(CC(N)=O)c1ccc(Cl)cc1. The monoisotopic (exact) mass is 198 g/mol. The Hall–Kier alpha value is -1.22. The summed E-state index contributed by atoms with van der Waals surface area (Å²) in [5, 5.41) is 0.677. The van der Waals surface area contributed by atoms with Gasteiger partial charge in [0.1, 0.15) is 0 Å². The number of anilines is 1. The lowest BCUT2D eigenvalue weighted by Crippen LogP contribution is -2.30. The molecule has 0 spiro atoms. The number of carbonyl (C=O) groups is 1. The predicted octanol–water partition coefficient (Wildman–Crippen LogP) is 1.26. The second kappa shape index (κ2) is 4.14. The van der Waals surface area contributed by atoms with Crippen molar-refractivity contribution in [3.05, 3.63) is 29.3 Å². The van der Waals surface area contributed by atoms with E-state index in [1.807, 2.05) is 12.1 Å². The molecule has 70 valence electrons. The van der Waals surface area contributed by atoms with Crippen LogP contribution in [-0.2, 0) is 4.79 Å². The van der Waals surface area contributed by atoms with E-state index < -0.39 is 0 Å². The van der Waals surface area contributed by atoms with Gasteiger partial charge < -0.3 is 10.6 Å². The average Bonchev–Trinajstić information content (AvgIpc) is 2.04. The quantitative estimate of drug-likeness (QED) is 0.795. The molecule has 0 saturated carbocycles. The third-order valence-corrected chi connectivity index (χ3v) is 1.91. The van der Waals surface area contributed by atoms with Gasteiger partial charge in [-0.15, -0.1) is 0 Å². The van der Waals surface area contributed by atoms with Crippen LogP contribution in [0.5, 0.6) is 0 Å². The highest BCUT2D eigenvalue weighted by molar-refractivity contribution is 6.30. The van der Waals surface area contributed by atoms with Gasteiger partial charge in [0.25, 0.3) is 0 Å². The minimum atomic E-state index is -0.350. The highest BCUT2D eigenvalue weighted by Gasteiger charge is 2.02. The summed E-state index contributed by atoms with van der Waals surface area (Å²) >= 11 is 5.71. The Morgan fingerprint density at radius 1 is 1.46 bits per heavy atom. The number of hydrogen-bond acceptors (Lipinski definition) is 2. The van der Waals surface area contributed by atoms with Gasteiger partial charge in [0.2, 0.25) is 5.91 Å². The molecule has 0 aliphatic carbocycles. The van der Waals surface area contributed by atoms with Gasteiger partial charge in [-0.3, -0.25) is 4.79 Å². The first kappa shape index (κ1) is 9.86. The van der Waals surface area contributed by atoms with E-state index >= 15 is 0 Å². The molecular weight excluding hydrogens is 188 g/mol. The Morgan fingerprint density at radius 2 is 2.00 bits per heavy atom. The van der Waals surface area contributed by atoms with Crippen LogP contribution in [0.1, 0.15) is 0 Å². The van der Waals surface area contributed by atoms with E-state index in [1.54, 1.807) is 24.1 Å². The number of likely N-dealkylation sites (N-methyl/N-ethyl adjacent to an activating group) is 1. The predicted molar refractivity (Wildman–Crippen MR) is 53.9 cm³/mol. The van der Waals surface area contributed by atoms with Gasteiger partial charge >= 0.3 is 0 Å². The first-order valence-corrected chi connectivity index (χ1v) is 4.22. The molecule has 0 bridgehead atoms. The molecular formula is C9H11ClN2O. The van der Waals surface area contributed by atoms with Gasteiger partial charge in [0, 0.05) is 17.8 Å². The van der Waals surface area contributed by atoms with E-state index in [4.69, 9.17) is 17.3 Å². The first-order valence-electron chi connectivity index (χ1n) is 3.84. The van der Waals surface area contributed by atoms with Gasteiger partial charge in [-0.1, -0.05) is 11.6 Å². The summed E-state index contributed by atoms with van der Waals surface area (Å²) in [6.45, 7) is 0.210. The molecule has 0 heterocycles. The van der Waals surface area contributed by atoms with E-state index in [0.717, 1.165) is 5.69 Å². The van der Waals surface area contributed by atoms with E-state index in [2.05, 4.69) is 0 Å². The summed E-state index contributed by atoms with van der Waals surface area (Å²) in [5.41, 5.74) is 5.97.